The first-order valence-corrected chi connectivity index (χ1v) is 9.60. The Morgan fingerprint density at radius 2 is 1.89 bits per heavy atom. The van der Waals surface area contributed by atoms with Crippen LogP contribution in [-0.2, 0) is 4.79 Å². The summed E-state index contributed by atoms with van der Waals surface area (Å²) in [7, 11) is 1.58. The van der Waals surface area contributed by atoms with E-state index in [1.54, 1.807) is 7.11 Å². The van der Waals surface area contributed by atoms with E-state index >= 15 is 0 Å². The molecule has 1 aromatic heterocycles. The molecule has 4 nitrogen and oxygen atoms in total. The highest BCUT2D eigenvalue weighted by molar-refractivity contribution is 7.16. The molecular weight excluding hydrogens is 377 g/mol. The van der Waals surface area contributed by atoms with E-state index in [9.17, 15) is 18.0 Å². The number of halogens is 3. The van der Waals surface area contributed by atoms with Crippen molar-refractivity contribution in [3.05, 3.63) is 29.1 Å². The average molecular weight is 398 g/mol. The van der Waals surface area contributed by atoms with Gasteiger partial charge in [-0.25, -0.2) is 4.98 Å². The third-order valence-electron chi connectivity index (χ3n) is 4.91. The van der Waals surface area contributed by atoms with Crippen LogP contribution in [0.25, 0.3) is 11.3 Å². The van der Waals surface area contributed by atoms with Crippen LogP contribution >= 0.6 is 11.3 Å². The number of carbonyl (C=O) groups is 1. The number of hydrogen-bond donors (Lipinski definition) is 1. The van der Waals surface area contributed by atoms with Crippen LogP contribution in [0.1, 0.15) is 30.6 Å². The molecule has 3 rings (SSSR count). The quantitative estimate of drug-likeness (QED) is 0.747. The van der Waals surface area contributed by atoms with Crippen molar-refractivity contribution in [1.82, 2.24) is 4.98 Å². The Morgan fingerprint density at radius 3 is 2.52 bits per heavy atom. The summed E-state index contributed by atoms with van der Waals surface area (Å²) in [5.74, 6) is -2.50. The number of rotatable bonds is 4. The molecule has 0 radical (unpaired) electrons. The summed E-state index contributed by atoms with van der Waals surface area (Å²) in [5.41, 5.74) is 1.56. The predicted molar refractivity (Wildman–Crippen MR) is 99.0 cm³/mol. The highest BCUT2D eigenvalue weighted by Gasteiger charge is 2.48. The van der Waals surface area contributed by atoms with Crippen LogP contribution in [0.2, 0.25) is 0 Å². The van der Waals surface area contributed by atoms with Gasteiger partial charge in [0.1, 0.15) is 5.75 Å². The van der Waals surface area contributed by atoms with E-state index in [1.807, 2.05) is 31.2 Å². The topological polar surface area (TPSA) is 51.2 Å². The molecule has 1 heterocycles. The lowest BCUT2D eigenvalue weighted by atomic mass is 9.78. The van der Waals surface area contributed by atoms with Crippen molar-refractivity contribution >= 4 is 22.4 Å². The van der Waals surface area contributed by atoms with Crippen molar-refractivity contribution in [3.8, 4) is 17.0 Å². The van der Waals surface area contributed by atoms with Gasteiger partial charge in [0.2, 0.25) is 5.91 Å². The van der Waals surface area contributed by atoms with E-state index in [0.717, 1.165) is 16.2 Å². The number of anilines is 1. The van der Waals surface area contributed by atoms with Crippen LogP contribution in [0.3, 0.4) is 0 Å². The Kier molecular flexibility index (Phi) is 5.74. The van der Waals surface area contributed by atoms with Crippen molar-refractivity contribution in [2.24, 2.45) is 11.8 Å². The molecule has 1 aliphatic rings. The number of nitrogens with zero attached hydrogens (tertiary/aromatic N) is 1. The van der Waals surface area contributed by atoms with Crippen LogP contribution in [0.5, 0.6) is 5.75 Å². The van der Waals surface area contributed by atoms with Gasteiger partial charge < -0.3 is 10.1 Å². The molecule has 146 valence electrons. The summed E-state index contributed by atoms with van der Waals surface area (Å²) in [5, 5.41) is 2.94. The Hall–Kier alpha value is -2.09. The first kappa shape index (κ1) is 19.7. The van der Waals surface area contributed by atoms with Gasteiger partial charge in [-0.05, 0) is 44.0 Å². The monoisotopic (exact) mass is 398 g/mol. The van der Waals surface area contributed by atoms with Crippen LogP contribution < -0.4 is 10.1 Å². The van der Waals surface area contributed by atoms with Gasteiger partial charge in [0.15, 0.2) is 5.13 Å². The first-order chi connectivity index (χ1) is 12.8. The molecule has 1 aromatic carbocycles. The molecule has 1 amide bonds. The maximum atomic E-state index is 13.2. The molecule has 2 atom stereocenters. The van der Waals surface area contributed by atoms with Crippen LogP contribution in [0.4, 0.5) is 18.3 Å². The molecule has 8 heteroatoms. The van der Waals surface area contributed by atoms with Gasteiger partial charge in [-0.3, -0.25) is 4.79 Å². The van der Waals surface area contributed by atoms with Gasteiger partial charge in [-0.15, -0.1) is 11.3 Å². The highest BCUT2D eigenvalue weighted by Crippen LogP contribution is 2.42. The summed E-state index contributed by atoms with van der Waals surface area (Å²) in [6, 6.07) is 7.32. The predicted octanol–water partition coefficient (Wildman–Crippen LogP) is 5.43. The molecule has 0 saturated heterocycles. The number of aromatic nitrogens is 1. The van der Waals surface area contributed by atoms with Gasteiger partial charge in [-0.1, -0.05) is 12.8 Å². The third kappa shape index (κ3) is 4.43. The molecular formula is C19H21F3N2O2S. The molecule has 1 aliphatic carbocycles. The Bertz CT molecular complexity index is 802. The number of hydrogen-bond acceptors (Lipinski definition) is 4. The largest absolute Gasteiger partial charge is 0.497 e. The summed E-state index contributed by atoms with van der Waals surface area (Å²) in [6.07, 6.45) is -2.94. The lowest BCUT2D eigenvalue weighted by molar-refractivity contribution is -0.197. The molecule has 0 unspecified atom stereocenters. The van der Waals surface area contributed by atoms with E-state index in [-0.39, 0.29) is 12.8 Å². The number of ether oxygens (including phenoxy) is 1. The summed E-state index contributed by atoms with van der Waals surface area (Å²) >= 11 is 1.26. The maximum absolute atomic E-state index is 13.2. The zero-order valence-electron chi connectivity index (χ0n) is 15.1. The van der Waals surface area contributed by atoms with Crippen molar-refractivity contribution in [2.75, 3.05) is 12.4 Å². The molecule has 27 heavy (non-hydrogen) atoms. The Morgan fingerprint density at radius 1 is 1.22 bits per heavy atom. The lowest BCUT2D eigenvalue weighted by Gasteiger charge is -2.31. The molecule has 0 spiro atoms. The average Bonchev–Trinajstić information content (AvgIpc) is 3.01. The van der Waals surface area contributed by atoms with Crippen molar-refractivity contribution in [2.45, 2.75) is 38.8 Å². The minimum Gasteiger partial charge on any atom is -0.497 e. The zero-order chi connectivity index (χ0) is 19.6. The van der Waals surface area contributed by atoms with Gasteiger partial charge in [0.05, 0.1) is 18.7 Å². The van der Waals surface area contributed by atoms with Crippen LogP contribution in [0, 0.1) is 18.8 Å². The number of nitrogens with one attached hydrogen (secondary N) is 1. The SMILES string of the molecule is COc1ccc(-c2nc(NC(=O)[C@H]3CCCC[C@@H]3C(F)(F)F)sc2C)cc1. The fourth-order valence-electron chi connectivity index (χ4n) is 3.50. The minimum atomic E-state index is -4.35. The first-order valence-electron chi connectivity index (χ1n) is 8.79. The normalized spacial score (nSPS) is 20.3. The fourth-order valence-corrected chi connectivity index (χ4v) is 4.34. The molecule has 2 aromatic rings. The third-order valence-corrected chi connectivity index (χ3v) is 5.80. The Labute approximate surface area is 159 Å². The standard InChI is InChI=1S/C19H21F3N2O2S/c1-11-16(12-7-9-13(26-2)10-8-12)23-18(27-11)24-17(25)14-5-3-4-6-15(14)19(20,21)22/h7-10,14-15H,3-6H2,1-2H3,(H,23,24,25)/t14-,15-/m0/s1. The number of thiazole rings is 1. The molecule has 1 N–H and O–H groups in total. The van der Waals surface area contributed by atoms with Crippen LogP contribution in [0.15, 0.2) is 24.3 Å². The zero-order valence-corrected chi connectivity index (χ0v) is 15.9. The summed E-state index contributed by atoms with van der Waals surface area (Å²) in [4.78, 5) is 17.8. The van der Waals surface area contributed by atoms with Crippen molar-refractivity contribution in [1.29, 1.82) is 0 Å². The van der Waals surface area contributed by atoms with Gasteiger partial charge in [0.25, 0.3) is 0 Å². The second kappa shape index (κ2) is 7.88. The summed E-state index contributed by atoms with van der Waals surface area (Å²) in [6.45, 7) is 1.87. The van der Waals surface area contributed by atoms with E-state index < -0.39 is 23.9 Å². The van der Waals surface area contributed by atoms with Crippen molar-refractivity contribution < 1.29 is 22.7 Å². The number of aryl methyl sites for hydroxylation is 1. The number of methoxy groups -OCH3 is 1. The van der Waals surface area contributed by atoms with E-state index in [4.69, 9.17) is 4.74 Å². The lowest BCUT2D eigenvalue weighted by Crippen LogP contribution is -2.39. The summed E-state index contributed by atoms with van der Waals surface area (Å²) < 4.78 is 44.8. The smallest absolute Gasteiger partial charge is 0.392 e. The minimum absolute atomic E-state index is 0.00951. The molecule has 0 bridgehead atoms. The number of amides is 1. The molecule has 1 fully saturated rings. The number of carbonyl (C=O) groups excluding carboxylic acids is 1. The van der Waals surface area contributed by atoms with Crippen molar-refractivity contribution in [3.63, 3.8) is 0 Å². The fraction of sp³-hybridized carbons (Fsp3) is 0.474. The number of alkyl halides is 3. The van der Waals surface area contributed by atoms with Gasteiger partial charge >= 0.3 is 6.18 Å². The van der Waals surface area contributed by atoms with Gasteiger partial charge in [-0.2, -0.15) is 13.2 Å². The molecule has 0 aliphatic heterocycles. The molecule has 1 saturated carbocycles. The second-order valence-corrected chi connectivity index (χ2v) is 7.88. The maximum Gasteiger partial charge on any atom is 0.392 e. The van der Waals surface area contributed by atoms with Gasteiger partial charge in [0, 0.05) is 16.4 Å². The second-order valence-electron chi connectivity index (χ2n) is 6.68. The van der Waals surface area contributed by atoms with E-state index in [2.05, 4.69) is 10.3 Å². The number of benzene rings is 1. The van der Waals surface area contributed by atoms with Crippen LogP contribution in [-0.4, -0.2) is 24.2 Å². The Balaban J connectivity index is 1.76. The highest BCUT2D eigenvalue weighted by atomic mass is 32.1. The van der Waals surface area contributed by atoms with E-state index in [0.29, 0.717) is 23.7 Å². The van der Waals surface area contributed by atoms with E-state index in [1.165, 1.54) is 11.3 Å².